The number of anilines is 2. The molecule has 1 aliphatic rings. The van der Waals surface area contributed by atoms with E-state index in [2.05, 4.69) is 15.4 Å². The molecule has 0 bridgehead atoms. The van der Waals surface area contributed by atoms with Crippen molar-refractivity contribution in [3.8, 4) is 0 Å². The van der Waals surface area contributed by atoms with Crippen LogP contribution in [0.3, 0.4) is 0 Å². The quantitative estimate of drug-likeness (QED) is 0.635. The molecule has 9 heteroatoms. The number of esters is 1. The van der Waals surface area contributed by atoms with Gasteiger partial charge in [0, 0.05) is 24.5 Å². The van der Waals surface area contributed by atoms with Gasteiger partial charge in [0.05, 0.1) is 24.1 Å². The second-order valence-corrected chi connectivity index (χ2v) is 9.35. The number of rotatable bonds is 7. The van der Waals surface area contributed by atoms with Crippen molar-refractivity contribution in [2.24, 2.45) is 0 Å². The summed E-state index contributed by atoms with van der Waals surface area (Å²) in [4.78, 5) is 24.1. The Morgan fingerprint density at radius 3 is 2.35 bits per heavy atom. The van der Waals surface area contributed by atoms with Gasteiger partial charge < -0.3 is 15.4 Å². The van der Waals surface area contributed by atoms with Crippen LogP contribution in [0.2, 0.25) is 0 Å². The molecule has 2 aromatic rings. The fraction of sp³-hybridized carbons (Fsp3) is 0.364. The van der Waals surface area contributed by atoms with Crippen molar-refractivity contribution < 1.29 is 22.7 Å². The Morgan fingerprint density at radius 1 is 1.03 bits per heavy atom. The zero-order valence-electron chi connectivity index (χ0n) is 17.7. The zero-order chi connectivity index (χ0) is 22.4. The smallest absolute Gasteiger partial charge is 0.337 e. The second-order valence-electron chi connectivity index (χ2n) is 7.41. The molecular weight excluding hydrogens is 418 g/mol. The SMILES string of the molecule is COC(=O)c1ccc(NCC(=O)Nc2cc(S(=O)(=O)N3CCCCC3)ccc2C)cc1. The molecule has 1 fully saturated rings. The lowest BCUT2D eigenvalue weighted by molar-refractivity contribution is -0.114. The first-order valence-corrected chi connectivity index (χ1v) is 11.6. The summed E-state index contributed by atoms with van der Waals surface area (Å²) in [6, 6.07) is 11.4. The number of carbonyl (C=O) groups is 2. The summed E-state index contributed by atoms with van der Waals surface area (Å²) in [5, 5.41) is 5.75. The van der Waals surface area contributed by atoms with Crippen molar-refractivity contribution in [1.82, 2.24) is 4.31 Å². The minimum Gasteiger partial charge on any atom is -0.465 e. The van der Waals surface area contributed by atoms with Gasteiger partial charge in [-0.25, -0.2) is 13.2 Å². The molecule has 166 valence electrons. The molecule has 0 spiro atoms. The van der Waals surface area contributed by atoms with Crippen LogP contribution in [-0.4, -0.2) is 51.3 Å². The summed E-state index contributed by atoms with van der Waals surface area (Å²) in [6.07, 6.45) is 2.77. The average Bonchev–Trinajstić information content (AvgIpc) is 2.79. The van der Waals surface area contributed by atoms with Crippen LogP contribution in [0.1, 0.15) is 35.2 Å². The van der Waals surface area contributed by atoms with Crippen molar-refractivity contribution in [3.05, 3.63) is 53.6 Å². The topological polar surface area (TPSA) is 105 Å². The number of piperidine rings is 1. The van der Waals surface area contributed by atoms with Gasteiger partial charge >= 0.3 is 5.97 Å². The van der Waals surface area contributed by atoms with E-state index < -0.39 is 16.0 Å². The highest BCUT2D eigenvalue weighted by Crippen LogP contribution is 2.25. The van der Waals surface area contributed by atoms with E-state index in [4.69, 9.17) is 0 Å². The number of nitrogens with one attached hydrogen (secondary N) is 2. The first-order chi connectivity index (χ1) is 14.8. The molecule has 0 aliphatic carbocycles. The zero-order valence-corrected chi connectivity index (χ0v) is 18.5. The second kappa shape index (κ2) is 9.93. The number of benzene rings is 2. The van der Waals surface area contributed by atoms with Crippen molar-refractivity contribution in [1.29, 1.82) is 0 Å². The fourth-order valence-corrected chi connectivity index (χ4v) is 4.91. The first-order valence-electron chi connectivity index (χ1n) is 10.1. The van der Waals surface area contributed by atoms with Gasteiger partial charge in [0.2, 0.25) is 15.9 Å². The highest BCUT2D eigenvalue weighted by molar-refractivity contribution is 7.89. The van der Waals surface area contributed by atoms with Crippen LogP contribution in [-0.2, 0) is 19.6 Å². The van der Waals surface area contributed by atoms with Crippen molar-refractivity contribution >= 4 is 33.3 Å². The molecule has 2 aromatic carbocycles. The third-order valence-electron chi connectivity index (χ3n) is 5.19. The lowest BCUT2D eigenvalue weighted by Crippen LogP contribution is -2.35. The predicted molar refractivity (Wildman–Crippen MR) is 119 cm³/mol. The highest BCUT2D eigenvalue weighted by Gasteiger charge is 2.26. The molecule has 0 saturated carbocycles. The summed E-state index contributed by atoms with van der Waals surface area (Å²) < 4.78 is 32.0. The van der Waals surface area contributed by atoms with Crippen LogP contribution in [0.4, 0.5) is 11.4 Å². The van der Waals surface area contributed by atoms with Gasteiger partial charge in [-0.1, -0.05) is 12.5 Å². The van der Waals surface area contributed by atoms with Crippen molar-refractivity contribution in [2.75, 3.05) is 37.4 Å². The molecule has 31 heavy (non-hydrogen) atoms. The molecule has 1 amide bonds. The number of hydrogen-bond acceptors (Lipinski definition) is 6. The van der Waals surface area contributed by atoms with E-state index >= 15 is 0 Å². The maximum absolute atomic E-state index is 12.9. The van der Waals surface area contributed by atoms with E-state index in [0.29, 0.717) is 30.0 Å². The number of amides is 1. The number of aryl methyl sites for hydroxylation is 1. The van der Waals surface area contributed by atoms with Crippen LogP contribution in [0.25, 0.3) is 0 Å². The average molecular weight is 446 g/mol. The van der Waals surface area contributed by atoms with E-state index in [1.807, 2.05) is 6.92 Å². The summed E-state index contributed by atoms with van der Waals surface area (Å²) >= 11 is 0. The Kier molecular flexibility index (Phi) is 7.29. The minimum atomic E-state index is -3.58. The predicted octanol–water partition coefficient (Wildman–Crippen LogP) is 3.01. The van der Waals surface area contributed by atoms with Crippen LogP contribution in [0.15, 0.2) is 47.4 Å². The van der Waals surface area contributed by atoms with Crippen LogP contribution in [0.5, 0.6) is 0 Å². The lowest BCUT2D eigenvalue weighted by Gasteiger charge is -2.26. The monoisotopic (exact) mass is 445 g/mol. The maximum atomic E-state index is 12.9. The summed E-state index contributed by atoms with van der Waals surface area (Å²) in [5.41, 5.74) is 2.32. The number of methoxy groups -OCH3 is 1. The van der Waals surface area contributed by atoms with E-state index in [1.54, 1.807) is 36.4 Å². The number of hydrogen-bond donors (Lipinski definition) is 2. The van der Waals surface area contributed by atoms with Gasteiger partial charge in [0.1, 0.15) is 0 Å². The number of ether oxygens (including phenoxy) is 1. The Morgan fingerprint density at radius 2 is 1.71 bits per heavy atom. The Labute approximate surface area is 182 Å². The Hall–Kier alpha value is -2.91. The van der Waals surface area contributed by atoms with E-state index in [1.165, 1.54) is 17.5 Å². The van der Waals surface area contributed by atoms with E-state index in [0.717, 1.165) is 24.8 Å². The molecule has 3 rings (SSSR count). The van der Waals surface area contributed by atoms with Crippen molar-refractivity contribution in [3.63, 3.8) is 0 Å². The molecule has 8 nitrogen and oxygen atoms in total. The van der Waals surface area contributed by atoms with E-state index in [-0.39, 0.29) is 17.3 Å². The minimum absolute atomic E-state index is 0.0138. The maximum Gasteiger partial charge on any atom is 0.337 e. The highest BCUT2D eigenvalue weighted by atomic mass is 32.2. The van der Waals surface area contributed by atoms with Crippen LogP contribution < -0.4 is 10.6 Å². The third kappa shape index (κ3) is 5.62. The molecule has 2 N–H and O–H groups in total. The lowest BCUT2D eigenvalue weighted by atomic mass is 10.2. The van der Waals surface area contributed by atoms with Crippen LogP contribution >= 0.6 is 0 Å². The largest absolute Gasteiger partial charge is 0.465 e. The third-order valence-corrected chi connectivity index (χ3v) is 7.09. The summed E-state index contributed by atoms with van der Waals surface area (Å²) in [5.74, 6) is -0.744. The number of carbonyl (C=O) groups excluding carboxylic acids is 2. The standard InChI is InChI=1S/C22H27N3O5S/c1-16-6-11-19(31(28,29)25-12-4-3-5-13-25)14-20(16)24-21(26)15-23-18-9-7-17(8-10-18)22(27)30-2/h6-11,14,23H,3-5,12-13,15H2,1-2H3,(H,24,26). The van der Waals surface area contributed by atoms with Gasteiger partial charge in [-0.15, -0.1) is 0 Å². The molecule has 0 aromatic heterocycles. The van der Waals surface area contributed by atoms with Gasteiger partial charge in [-0.2, -0.15) is 4.31 Å². The fourth-order valence-electron chi connectivity index (χ4n) is 3.37. The molecule has 1 saturated heterocycles. The Bertz CT molecular complexity index is 1050. The van der Waals surface area contributed by atoms with Gasteiger partial charge in [0.15, 0.2) is 0 Å². The number of sulfonamides is 1. The summed E-state index contributed by atoms with van der Waals surface area (Å²) in [6.45, 7) is 2.85. The van der Waals surface area contributed by atoms with Crippen molar-refractivity contribution in [2.45, 2.75) is 31.1 Å². The van der Waals surface area contributed by atoms with Gasteiger partial charge in [0.25, 0.3) is 0 Å². The first kappa shape index (κ1) is 22.8. The summed E-state index contributed by atoms with van der Waals surface area (Å²) in [7, 11) is -2.26. The number of nitrogens with zero attached hydrogens (tertiary/aromatic N) is 1. The van der Waals surface area contributed by atoms with Crippen LogP contribution in [0, 0.1) is 6.92 Å². The molecule has 1 heterocycles. The Balaban J connectivity index is 1.64. The normalized spacial score (nSPS) is 14.6. The van der Waals surface area contributed by atoms with E-state index in [9.17, 15) is 18.0 Å². The van der Waals surface area contributed by atoms with Gasteiger partial charge in [-0.3, -0.25) is 4.79 Å². The molecule has 0 atom stereocenters. The molecule has 1 aliphatic heterocycles. The molecular formula is C22H27N3O5S. The molecule has 0 unspecified atom stereocenters. The van der Waals surface area contributed by atoms with Gasteiger partial charge in [-0.05, 0) is 61.7 Å². The molecule has 0 radical (unpaired) electrons.